The molecule has 4 aromatic heterocycles. The fraction of sp³-hybridized carbons (Fsp3) is 0. The first kappa shape index (κ1) is 42.7. The van der Waals surface area contributed by atoms with Crippen LogP contribution in [0.4, 0.5) is 0 Å². The topological polar surface area (TPSA) is 35.1 Å². The first-order chi connectivity index (χ1) is 34.2. The van der Waals surface area contributed by atoms with Gasteiger partial charge in [0, 0.05) is 44.7 Å². The van der Waals surface area contributed by atoms with Crippen LogP contribution in [0, 0.1) is 12.1 Å². The SMILES string of the molecule is [Pd+2].[c-]1c(-n2c3ccc4c(c3c3cccnc32)[Si](c2ccccc2)(c2ccccc2)c2ccccc2S4)cccc1[Si](c1[c-]c2c(cc1)c1ccccc1n1ccnc21)(c1ccccc1)c1ccccc1. The number of rotatable bonds is 7. The molecule has 70 heavy (non-hydrogen) atoms. The van der Waals surface area contributed by atoms with Crippen molar-refractivity contribution in [3.05, 3.63) is 255 Å². The molecule has 0 radical (unpaired) electrons. The Morgan fingerprint density at radius 3 is 1.83 bits per heavy atom. The molecule has 0 fully saturated rings. The molecule has 0 saturated heterocycles. The van der Waals surface area contributed by atoms with Crippen molar-refractivity contribution in [2.75, 3.05) is 0 Å². The number of imidazole rings is 1. The van der Waals surface area contributed by atoms with Gasteiger partial charge in [-0.05, 0) is 72.9 Å². The molecule has 0 amide bonds. The molecule has 0 unspecified atom stereocenters. The smallest absolute Gasteiger partial charge is 0.340 e. The van der Waals surface area contributed by atoms with E-state index in [1.54, 1.807) is 0 Å². The zero-order valence-electron chi connectivity index (χ0n) is 37.6. The molecule has 5 heterocycles. The van der Waals surface area contributed by atoms with E-state index < -0.39 is 16.1 Å². The summed E-state index contributed by atoms with van der Waals surface area (Å²) in [6.45, 7) is 0. The zero-order valence-corrected chi connectivity index (χ0v) is 42.0. The third-order valence-corrected chi connectivity index (χ3v) is 25.5. The van der Waals surface area contributed by atoms with E-state index in [1.165, 1.54) is 51.7 Å². The van der Waals surface area contributed by atoms with Gasteiger partial charge in [-0.25, -0.2) is 4.98 Å². The number of benzene rings is 9. The summed E-state index contributed by atoms with van der Waals surface area (Å²) >= 11 is 1.90. The maximum Gasteiger partial charge on any atom is 2.00 e. The monoisotopic (exact) mass is 1030 g/mol. The van der Waals surface area contributed by atoms with Gasteiger partial charge in [-0.15, -0.1) is 34.8 Å². The fourth-order valence-corrected chi connectivity index (χ4v) is 23.5. The van der Waals surface area contributed by atoms with Crippen molar-refractivity contribution in [2.24, 2.45) is 0 Å². The second-order valence-electron chi connectivity index (χ2n) is 17.9. The van der Waals surface area contributed by atoms with E-state index >= 15 is 0 Å². The molecule has 1 aliphatic rings. The Morgan fingerprint density at radius 2 is 1.09 bits per heavy atom. The van der Waals surface area contributed by atoms with E-state index in [-0.39, 0.29) is 20.4 Å². The number of hydrogen-bond donors (Lipinski definition) is 0. The molecule has 0 aliphatic carbocycles. The minimum absolute atomic E-state index is 0. The Hall–Kier alpha value is -7.41. The number of pyridine rings is 2. The van der Waals surface area contributed by atoms with Crippen molar-refractivity contribution < 1.29 is 20.4 Å². The molecule has 8 heteroatoms. The van der Waals surface area contributed by atoms with Crippen molar-refractivity contribution in [2.45, 2.75) is 9.79 Å². The summed E-state index contributed by atoms with van der Waals surface area (Å²) in [5, 5.41) is 16.1. The molecule has 14 rings (SSSR count). The summed E-state index contributed by atoms with van der Waals surface area (Å²) in [6, 6.07) is 91.3. The third kappa shape index (κ3) is 6.11. The van der Waals surface area contributed by atoms with Crippen LogP contribution in [-0.2, 0) is 20.4 Å². The van der Waals surface area contributed by atoms with Gasteiger partial charge in [0.25, 0.3) is 0 Å². The molecule has 9 aromatic carbocycles. The minimum atomic E-state index is -3.18. The number of para-hydroxylation sites is 1. The van der Waals surface area contributed by atoms with E-state index in [9.17, 15) is 0 Å². The number of nitrogens with zero attached hydrogens (tertiary/aromatic N) is 4. The molecule has 0 atom stereocenters. The number of hydrogen-bond acceptors (Lipinski definition) is 3. The molecular weight excluding hydrogens is 995 g/mol. The van der Waals surface area contributed by atoms with Gasteiger partial charge in [-0.1, -0.05) is 181 Å². The first-order valence-corrected chi connectivity index (χ1v) is 28.2. The van der Waals surface area contributed by atoms with E-state index in [4.69, 9.17) is 9.97 Å². The van der Waals surface area contributed by atoms with Crippen molar-refractivity contribution >= 4 is 119 Å². The van der Waals surface area contributed by atoms with Gasteiger partial charge in [-0.3, -0.25) is 4.98 Å². The van der Waals surface area contributed by atoms with Gasteiger partial charge in [-0.2, -0.15) is 23.4 Å². The zero-order chi connectivity index (χ0) is 45.5. The van der Waals surface area contributed by atoms with Crippen LogP contribution in [-0.4, -0.2) is 35.1 Å². The molecule has 0 spiro atoms. The van der Waals surface area contributed by atoms with Crippen LogP contribution in [0.2, 0.25) is 0 Å². The summed E-state index contributed by atoms with van der Waals surface area (Å²) in [7, 11) is -6.13. The van der Waals surface area contributed by atoms with Crippen molar-refractivity contribution in [3.8, 4) is 5.69 Å². The standard InChI is InChI=1S/C62H40N4SSi2.Pd/c1-5-20-44(21-6-1)68(45-22-7-2-8-23-45,49-34-35-50-51-29-13-14-31-54(51)65-40-39-64-61(65)53(50)42-49)48-28-17-19-43(41-48)66-55-36-37-57-60(59(55)52-30-18-38-63-62(52)66)69(46-24-9-3-10-25-46,47-26-11-4-12-27-47)58-33-16-15-32-56(58)67-57;/h1-40H;/q-2;+2. The van der Waals surface area contributed by atoms with E-state index in [0.29, 0.717) is 0 Å². The molecule has 0 saturated carbocycles. The minimum Gasteiger partial charge on any atom is -0.340 e. The average molecular weight is 1040 g/mol. The molecule has 1 aliphatic heterocycles. The normalized spacial score (nSPS) is 13.1. The maximum absolute atomic E-state index is 5.28. The first-order valence-electron chi connectivity index (χ1n) is 23.4. The van der Waals surface area contributed by atoms with Gasteiger partial charge in [0.05, 0.1) is 11.2 Å². The van der Waals surface area contributed by atoms with Crippen molar-refractivity contribution in [1.29, 1.82) is 0 Å². The van der Waals surface area contributed by atoms with Gasteiger partial charge in [0.1, 0.15) is 13.7 Å². The molecule has 332 valence electrons. The second-order valence-corrected chi connectivity index (χ2v) is 26.4. The van der Waals surface area contributed by atoms with Crippen molar-refractivity contribution in [1.82, 2.24) is 18.9 Å². The summed E-state index contributed by atoms with van der Waals surface area (Å²) in [5.74, 6) is 0. The molecular formula is C62H40N4PdSSi2. The van der Waals surface area contributed by atoms with Crippen LogP contribution < -0.4 is 41.5 Å². The van der Waals surface area contributed by atoms with Crippen LogP contribution in [0.1, 0.15) is 0 Å². The Bertz CT molecular complexity index is 4040. The third-order valence-electron chi connectivity index (χ3n) is 14.5. The van der Waals surface area contributed by atoms with E-state index in [0.717, 1.165) is 54.5 Å². The van der Waals surface area contributed by atoms with Gasteiger partial charge in [0.2, 0.25) is 0 Å². The van der Waals surface area contributed by atoms with Crippen LogP contribution in [0.3, 0.4) is 0 Å². The predicted molar refractivity (Wildman–Crippen MR) is 291 cm³/mol. The van der Waals surface area contributed by atoms with Crippen LogP contribution in [0.5, 0.6) is 0 Å². The molecule has 0 N–H and O–H groups in total. The predicted octanol–water partition coefficient (Wildman–Crippen LogP) is 8.95. The second kappa shape index (κ2) is 16.9. The van der Waals surface area contributed by atoms with E-state index in [2.05, 4.69) is 252 Å². The van der Waals surface area contributed by atoms with Crippen LogP contribution >= 0.6 is 11.8 Å². The molecule has 0 bridgehead atoms. The summed E-state index contributed by atoms with van der Waals surface area (Å²) in [6.07, 6.45) is 5.90. The largest absolute Gasteiger partial charge is 2.00 e. The van der Waals surface area contributed by atoms with Gasteiger partial charge in [0.15, 0.2) is 8.07 Å². The van der Waals surface area contributed by atoms with Crippen LogP contribution in [0.25, 0.3) is 54.9 Å². The Morgan fingerprint density at radius 1 is 0.457 bits per heavy atom. The Labute approximate surface area is 425 Å². The Kier molecular flexibility index (Phi) is 10.3. The summed E-state index contributed by atoms with van der Waals surface area (Å²) in [5.41, 5.74) is 5.02. The van der Waals surface area contributed by atoms with Gasteiger partial charge < -0.3 is 8.97 Å². The number of fused-ring (bicyclic) bond motifs is 12. The summed E-state index contributed by atoms with van der Waals surface area (Å²) < 4.78 is 4.59. The fourth-order valence-electron chi connectivity index (χ4n) is 11.7. The maximum atomic E-state index is 5.28. The number of aromatic nitrogens is 4. The summed E-state index contributed by atoms with van der Waals surface area (Å²) in [4.78, 5) is 12.9. The molecule has 4 nitrogen and oxygen atoms in total. The quantitative estimate of drug-likeness (QED) is 0.0693. The van der Waals surface area contributed by atoms with E-state index in [1.807, 2.05) is 24.2 Å². The average Bonchev–Trinajstić information content (AvgIpc) is 4.06. The van der Waals surface area contributed by atoms with Crippen LogP contribution in [0.15, 0.2) is 253 Å². The van der Waals surface area contributed by atoms with Gasteiger partial charge >= 0.3 is 20.4 Å². The molecule has 13 aromatic rings. The Balaban J connectivity index is 0.00000480. The van der Waals surface area contributed by atoms with Crippen molar-refractivity contribution in [3.63, 3.8) is 0 Å².